The lowest BCUT2D eigenvalue weighted by atomic mass is 10.1. The van der Waals surface area contributed by atoms with Crippen LogP contribution < -0.4 is 0 Å². The van der Waals surface area contributed by atoms with E-state index in [9.17, 15) is 4.79 Å². The molecule has 4 heteroatoms. The molecule has 0 aromatic heterocycles. The third-order valence-corrected chi connectivity index (χ3v) is 3.63. The molecule has 0 radical (unpaired) electrons. The van der Waals surface area contributed by atoms with Gasteiger partial charge in [-0.1, -0.05) is 0 Å². The third kappa shape index (κ3) is 4.25. The largest absolute Gasteiger partial charge is 0.381 e. The van der Waals surface area contributed by atoms with Crippen LogP contribution in [0.3, 0.4) is 0 Å². The van der Waals surface area contributed by atoms with E-state index in [1.165, 1.54) is 0 Å². The number of hydrogen-bond acceptors (Lipinski definition) is 3. The Morgan fingerprint density at radius 1 is 1.22 bits per heavy atom. The van der Waals surface area contributed by atoms with E-state index in [1.807, 2.05) is 4.90 Å². The zero-order valence-corrected chi connectivity index (χ0v) is 12.5. The van der Waals surface area contributed by atoms with Crippen molar-refractivity contribution in [2.24, 2.45) is 0 Å². The SMILES string of the molecule is COC1CCN(CC(=O)N(C(C)C)C(C)C)CC1. The summed E-state index contributed by atoms with van der Waals surface area (Å²) < 4.78 is 5.35. The maximum absolute atomic E-state index is 12.3. The molecule has 0 aromatic rings. The van der Waals surface area contributed by atoms with Crippen molar-refractivity contribution in [1.82, 2.24) is 9.80 Å². The number of likely N-dealkylation sites (tertiary alicyclic amines) is 1. The van der Waals surface area contributed by atoms with Crippen molar-refractivity contribution in [2.45, 2.75) is 58.7 Å². The van der Waals surface area contributed by atoms with Crippen LogP contribution in [0.4, 0.5) is 0 Å². The van der Waals surface area contributed by atoms with Crippen LogP contribution in [0.2, 0.25) is 0 Å². The highest BCUT2D eigenvalue weighted by molar-refractivity contribution is 5.78. The molecule has 1 aliphatic heterocycles. The molecule has 0 saturated carbocycles. The van der Waals surface area contributed by atoms with Gasteiger partial charge in [-0.3, -0.25) is 9.69 Å². The minimum absolute atomic E-state index is 0.246. The molecule has 1 aliphatic rings. The summed E-state index contributed by atoms with van der Waals surface area (Å²) in [5.74, 6) is 0.246. The van der Waals surface area contributed by atoms with Gasteiger partial charge < -0.3 is 9.64 Å². The average Bonchev–Trinajstić information content (AvgIpc) is 2.28. The third-order valence-electron chi connectivity index (χ3n) is 3.63. The minimum Gasteiger partial charge on any atom is -0.381 e. The Bertz CT molecular complexity index is 251. The first-order valence-corrected chi connectivity index (χ1v) is 7.02. The Morgan fingerprint density at radius 3 is 2.11 bits per heavy atom. The number of piperidine rings is 1. The number of rotatable bonds is 5. The lowest BCUT2D eigenvalue weighted by Gasteiger charge is -2.35. The lowest BCUT2D eigenvalue weighted by molar-refractivity contribution is -0.136. The van der Waals surface area contributed by atoms with Crippen LogP contribution in [-0.2, 0) is 9.53 Å². The van der Waals surface area contributed by atoms with E-state index in [1.54, 1.807) is 7.11 Å². The summed E-state index contributed by atoms with van der Waals surface area (Å²) in [5.41, 5.74) is 0. The first-order chi connectivity index (χ1) is 8.45. The molecule has 4 nitrogen and oxygen atoms in total. The van der Waals surface area contributed by atoms with E-state index in [0.29, 0.717) is 12.6 Å². The van der Waals surface area contributed by atoms with E-state index in [-0.39, 0.29) is 18.0 Å². The van der Waals surface area contributed by atoms with Crippen molar-refractivity contribution in [3.05, 3.63) is 0 Å². The molecule has 0 unspecified atom stereocenters. The summed E-state index contributed by atoms with van der Waals surface area (Å²) in [4.78, 5) is 16.5. The van der Waals surface area contributed by atoms with Gasteiger partial charge in [-0.2, -0.15) is 0 Å². The number of amides is 1. The summed E-state index contributed by atoms with van der Waals surface area (Å²) in [5, 5.41) is 0. The Balaban J connectivity index is 2.44. The van der Waals surface area contributed by atoms with Crippen LogP contribution in [0.5, 0.6) is 0 Å². The van der Waals surface area contributed by atoms with Gasteiger partial charge in [0.05, 0.1) is 12.6 Å². The number of hydrogen-bond donors (Lipinski definition) is 0. The Kier molecular flexibility index (Phi) is 6.09. The number of carbonyl (C=O) groups excluding carboxylic acids is 1. The van der Waals surface area contributed by atoms with Crippen LogP contribution in [0.25, 0.3) is 0 Å². The summed E-state index contributed by atoms with van der Waals surface area (Å²) >= 11 is 0. The maximum atomic E-state index is 12.3. The second kappa shape index (κ2) is 7.10. The second-order valence-electron chi connectivity index (χ2n) is 5.70. The fourth-order valence-corrected chi connectivity index (χ4v) is 2.75. The molecular formula is C14H28N2O2. The highest BCUT2D eigenvalue weighted by Gasteiger charge is 2.25. The van der Waals surface area contributed by atoms with Crippen LogP contribution >= 0.6 is 0 Å². The van der Waals surface area contributed by atoms with Crippen molar-refractivity contribution in [2.75, 3.05) is 26.7 Å². The van der Waals surface area contributed by atoms with Gasteiger partial charge in [0.1, 0.15) is 0 Å². The molecule has 0 bridgehead atoms. The minimum atomic E-state index is 0.246. The molecule has 1 rings (SSSR count). The number of nitrogens with zero attached hydrogens (tertiary/aromatic N) is 2. The Hall–Kier alpha value is -0.610. The molecular weight excluding hydrogens is 228 g/mol. The molecule has 18 heavy (non-hydrogen) atoms. The van der Waals surface area contributed by atoms with Gasteiger partial charge in [-0.15, -0.1) is 0 Å². The zero-order chi connectivity index (χ0) is 13.7. The molecule has 0 aromatic carbocycles. The van der Waals surface area contributed by atoms with Crippen molar-refractivity contribution in [3.63, 3.8) is 0 Å². The maximum Gasteiger partial charge on any atom is 0.237 e. The fourth-order valence-electron chi connectivity index (χ4n) is 2.75. The normalized spacial score (nSPS) is 18.6. The molecule has 1 heterocycles. The fraction of sp³-hybridized carbons (Fsp3) is 0.929. The van der Waals surface area contributed by atoms with Gasteiger partial charge in [0.2, 0.25) is 5.91 Å². The molecule has 1 fully saturated rings. The number of carbonyl (C=O) groups is 1. The lowest BCUT2D eigenvalue weighted by Crippen LogP contribution is -2.49. The zero-order valence-electron chi connectivity index (χ0n) is 12.5. The van der Waals surface area contributed by atoms with E-state index in [2.05, 4.69) is 32.6 Å². The highest BCUT2D eigenvalue weighted by atomic mass is 16.5. The van der Waals surface area contributed by atoms with Crippen LogP contribution in [0.1, 0.15) is 40.5 Å². The standard InChI is InChI=1S/C14H28N2O2/c1-11(2)16(12(3)4)14(17)10-15-8-6-13(18-5)7-9-15/h11-13H,6-10H2,1-5H3. The molecule has 0 spiro atoms. The van der Waals surface area contributed by atoms with Crippen LogP contribution in [0, 0.1) is 0 Å². The first kappa shape index (κ1) is 15.4. The Morgan fingerprint density at radius 2 is 1.72 bits per heavy atom. The quantitative estimate of drug-likeness (QED) is 0.751. The highest BCUT2D eigenvalue weighted by Crippen LogP contribution is 2.14. The Labute approximate surface area is 111 Å². The van der Waals surface area contributed by atoms with Gasteiger partial charge in [0.25, 0.3) is 0 Å². The van der Waals surface area contributed by atoms with Gasteiger partial charge in [-0.05, 0) is 40.5 Å². The van der Waals surface area contributed by atoms with Crippen LogP contribution in [-0.4, -0.2) is 60.6 Å². The van der Waals surface area contributed by atoms with Crippen molar-refractivity contribution < 1.29 is 9.53 Å². The van der Waals surface area contributed by atoms with Gasteiger partial charge in [0.15, 0.2) is 0 Å². The molecule has 0 aliphatic carbocycles. The topological polar surface area (TPSA) is 32.8 Å². The van der Waals surface area contributed by atoms with Gasteiger partial charge in [-0.25, -0.2) is 0 Å². The van der Waals surface area contributed by atoms with Gasteiger partial charge in [0, 0.05) is 32.3 Å². The molecule has 0 N–H and O–H groups in total. The summed E-state index contributed by atoms with van der Waals surface area (Å²) in [7, 11) is 1.77. The van der Waals surface area contributed by atoms with Crippen LogP contribution in [0.15, 0.2) is 0 Å². The van der Waals surface area contributed by atoms with E-state index >= 15 is 0 Å². The molecule has 0 atom stereocenters. The monoisotopic (exact) mass is 256 g/mol. The molecule has 1 saturated heterocycles. The summed E-state index contributed by atoms with van der Waals surface area (Å²) in [6.07, 6.45) is 2.45. The van der Waals surface area contributed by atoms with Crippen molar-refractivity contribution >= 4 is 5.91 Å². The van der Waals surface area contributed by atoms with Gasteiger partial charge >= 0.3 is 0 Å². The van der Waals surface area contributed by atoms with E-state index < -0.39 is 0 Å². The molecule has 106 valence electrons. The van der Waals surface area contributed by atoms with E-state index in [0.717, 1.165) is 25.9 Å². The van der Waals surface area contributed by atoms with E-state index in [4.69, 9.17) is 4.74 Å². The summed E-state index contributed by atoms with van der Waals surface area (Å²) in [6, 6.07) is 0.544. The molecule has 1 amide bonds. The second-order valence-corrected chi connectivity index (χ2v) is 5.70. The number of methoxy groups -OCH3 is 1. The predicted octanol–water partition coefficient (Wildman–Crippen LogP) is 1.74. The average molecular weight is 256 g/mol. The summed E-state index contributed by atoms with van der Waals surface area (Å²) in [6.45, 7) is 10.8. The smallest absolute Gasteiger partial charge is 0.237 e. The predicted molar refractivity (Wildman–Crippen MR) is 73.6 cm³/mol. The number of ether oxygens (including phenoxy) is 1. The van der Waals surface area contributed by atoms with Crippen molar-refractivity contribution in [3.8, 4) is 0 Å². The van der Waals surface area contributed by atoms with Crippen molar-refractivity contribution in [1.29, 1.82) is 0 Å². The first-order valence-electron chi connectivity index (χ1n) is 7.02.